The van der Waals surface area contributed by atoms with Crippen molar-refractivity contribution in [2.45, 2.75) is 19.3 Å². The zero-order valence-corrected chi connectivity index (χ0v) is 18.2. The average Bonchev–Trinajstić information content (AvgIpc) is 3.31. The summed E-state index contributed by atoms with van der Waals surface area (Å²) in [5.74, 6) is 0.322. The number of carbonyl (C=O) groups is 2. The smallest absolute Gasteiger partial charge is 0.322 e. The highest BCUT2D eigenvalue weighted by molar-refractivity contribution is 7.14. The summed E-state index contributed by atoms with van der Waals surface area (Å²) in [7, 11) is 0. The van der Waals surface area contributed by atoms with E-state index in [1.807, 2.05) is 27.3 Å². The molecule has 0 saturated carbocycles. The molecule has 0 aliphatic carbocycles. The Kier molecular flexibility index (Phi) is 7.02. The number of nitrogens with zero attached hydrogens (tertiary/aromatic N) is 3. The summed E-state index contributed by atoms with van der Waals surface area (Å²) in [4.78, 5) is 31.6. The van der Waals surface area contributed by atoms with Crippen molar-refractivity contribution in [2.75, 3.05) is 51.1 Å². The van der Waals surface area contributed by atoms with Crippen LogP contribution in [0.25, 0.3) is 0 Å². The van der Waals surface area contributed by atoms with E-state index >= 15 is 0 Å². The van der Waals surface area contributed by atoms with Crippen LogP contribution >= 0.6 is 11.3 Å². The lowest BCUT2D eigenvalue weighted by atomic mass is 9.95. The highest BCUT2D eigenvalue weighted by Crippen LogP contribution is 2.22. The van der Waals surface area contributed by atoms with Gasteiger partial charge in [0.1, 0.15) is 0 Å². The third kappa shape index (κ3) is 5.40. The molecule has 2 saturated heterocycles. The average molecular weight is 427 g/mol. The number of benzene rings is 1. The molecule has 0 radical (unpaired) electrons. The summed E-state index contributed by atoms with van der Waals surface area (Å²) in [5, 5.41) is 5.74. The van der Waals surface area contributed by atoms with Crippen LogP contribution in [0.15, 0.2) is 47.8 Å². The molecule has 3 amide bonds. The molecule has 1 aromatic heterocycles. The molecule has 2 aliphatic heterocycles. The third-order valence-corrected chi connectivity index (χ3v) is 6.91. The lowest BCUT2D eigenvalue weighted by Gasteiger charge is -2.38. The number of rotatable bonds is 5. The molecule has 0 atom stereocenters. The highest BCUT2D eigenvalue weighted by atomic mass is 32.1. The van der Waals surface area contributed by atoms with Crippen LogP contribution in [0.4, 0.5) is 9.80 Å². The van der Waals surface area contributed by atoms with E-state index < -0.39 is 0 Å². The number of anilines is 1. The summed E-state index contributed by atoms with van der Waals surface area (Å²) in [6.45, 7) is 5.85. The van der Waals surface area contributed by atoms with E-state index in [4.69, 9.17) is 0 Å². The van der Waals surface area contributed by atoms with Crippen molar-refractivity contribution >= 4 is 28.3 Å². The molecule has 30 heavy (non-hydrogen) atoms. The Morgan fingerprint density at radius 3 is 2.30 bits per heavy atom. The van der Waals surface area contributed by atoms with Crippen molar-refractivity contribution in [3.05, 3.63) is 53.4 Å². The topological polar surface area (TPSA) is 55.9 Å². The van der Waals surface area contributed by atoms with Crippen LogP contribution in [-0.2, 0) is 11.2 Å². The summed E-state index contributed by atoms with van der Waals surface area (Å²) in [6.07, 6.45) is 2.57. The van der Waals surface area contributed by atoms with Gasteiger partial charge in [-0.25, -0.2) is 4.79 Å². The van der Waals surface area contributed by atoms with E-state index in [2.05, 4.69) is 40.5 Å². The van der Waals surface area contributed by atoms with Crippen LogP contribution < -0.4 is 5.32 Å². The minimum atomic E-state index is -0.0598. The fourth-order valence-corrected chi connectivity index (χ4v) is 4.85. The molecule has 2 fully saturated rings. The number of piperazine rings is 1. The normalized spacial score (nSPS) is 18.4. The molecule has 6 nitrogen and oxygen atoms in total. The summed E-state index contributed by atoms with van der Waals surface area (Å²) < 4.78 is 0. The number of piperidine rings is 1. The second-order valence-electron chi connectivity index (χ2n) is 8.07. The predicted molar refractivity (Wildman–Crippen MR) is 121 cm³/mol. The number of likely N-dealkylation sites (tertiary alicyclic amines) is 1. The van der Waals surface area contributed by atoms with Gasteiger partial charge in [-0.15, -0.1) is 11.3 Å². The van der Waals surface area contributed by atoms with Crippen molar-refractivity contribution in [3.8, 4) is 0 Å². The molecule has 0 unspecified atom stereocenters. The first-order valence-corrected chi connectivity index (χ1v) is 11.7. The molecule has 2 aromatic rings. The number of urea groups is 1. The van der Waals surface area contributed by atoms with E-state index in [1.165, 1.54) is 16.9 Å². The zero-order chi connectivity index (χ0) is 20.8. The Morgan fingerprint density at radius 1 is 0.900 bits per heavy atom. The summed E-state index contributed by atoms with van der Waals surface area (Å²) in [6, 6.07) is 14.3. The SMILES string of the molecule is O=C(Nc1cccs1)N1CCC(C(=O)N2CCN(CCc3ccccc3)CC2)CC1. The van der Waals surface area contributed by atoms with Gasteiger partial charge in [-0.3, -0.25) is 15.0 Å². The number of carbonyl (C=O) groups excluding carboxylic acids is 2. The first kappa shape index (κ1) is 20.9. The lowest BCUT2D eigenvalue weighted by molar-refractivity contribution is -0.138. The number of nitrogens with one attached hydrogen (secondary N) is 1. The van der Waals surface area contributed by atoms with Crippen LogP contribution in [0.2, 0.25) is 0 Å². The second-order valence-corrected chi connectivity index (χ2v) is 9.02. The molecule has 0 spiro atoms. The lowest BCUT2D eigenvalue weighted by Crippen LogP contribution is -2.52. The minimum absolute atomic E-state index is 0.0478. The van der Waals surface area contributed by atoms with Gasteiger partial charge in [0.25, 0.3) is 0 Å². The number of thiophene rings is 1. The molecule has 160 valence electrons. The minimum Gasteiger partial charge on any atom is -0.340 e. The van der Waals surface area contributed by atoms with Crippen LogP contribution in [0.5, 0.6) is 0 Å². The predicted octanol–water partition coefficient (Wildman–Crippen LogP) is 3.38. The van der Waals surface area contributed by atoms with Crippen LogP contribution in [0, 0.1) is 5.92 Å². The van der Waals surface area contributed by atoms with Crippen LogP contribution in [0.1, 0.15) is 18.4 Å². The molecule has 3 heterocycles. The Bertz CT molecular complexity index is 811. The van der Waals surface area contributed by atoms with Gasteiger partial charge >= 0.3 is 6.03 Å². The fourth-order valence-electron chi connectivity index (χ4n) is 4.25. The molecule has 7 heteroatoms. The first-order chi connectivity index (χ1) is 14.7. The molecule has 1 aromatic carbocycles. The molecule has 1 N–H and O–H groups in total. The summed E-state index contributed by atoms with van der Waals surface area (Å²) >= 11 is 1.52. The van der Waals surface area contributed by atoms with Gasteiger partial charge in [-0.2, -0.15) is 0 Å². The van der Waals surface area contributed by atoms with Crippen molar-refractivity contribution in [1.29, 1.82) is 0 Å². The van der Waals surface area contributed by atoms with E-state index in [1.54, 1.807) is 0 Å². The van der Waals surface area contributed by atoms with Gasteiger partial charge < -0.3 is 9.80 Å². The number of amides is 3. The largest absolute Gasteiger partial charge is 0.340 e. The number of hydrogen-bond acceptors (Lipinski definition) is 4. The maximum absolute atomic E-state index is 13.0. The Morgan fingerprint density at radius 2 is 1.63 bits per heavy atom. The van der Waals surface area contributed by atoms with E-state index in [9.17, 15) is 9.59 Å². The van der Waals surface area contributed by atoms with E-state index in [-0.39, 0.29) is 17.9 Å². The summed E-state index contributed by atoms with van der Waals surface area (Å²) in [5.41, 5.74) is 1.37. The Balaban J connectivity index is 1.17. The quantitative estimate of drug-likeness (QED) is 0.798. The van der Waals surface area contributed by atoms with Gasteiger partial charge in [-0.1, -0.05) is 30.3 Å². The maximum atomic E-state index is 13.0. The van der Waals surface area contributed by atoms with Crippen LogP contribution in [-0.4, -0.2) is 72.5 Å². The fraction of sp³-hybridized carbons (Fsp3) is 0.478. The molecule has 4 rings (SSSR count). The van der Waals surface area contributed by atoms with Crippen LogP contribution in [0.3, 0.4) is 0 Å². The highest BCUT2D eigenvalue weighted by Gasteiger charge is 2.31. The number of hydrogen-bond donors (Lipinski definition) is 1. The van der Waals surface area contributed by atoms with E-state index in [0.29, 0.717) is 13.1 Å². The van der Waals surface area contributed by atoms with E-state index in [0.717, 1.165) is 57.0 Å². The van der Waals surface area contributed by atoms with Gasteiger partial charge in [0, 0.05) is 51.7 Å². The van der Waals surface area contributed by atoms with Gasteiger partial charge in [0.05, 0.1) is 5.00 Å². The van der Waals surface area contributed by atoms with Crippen molar-refractivity contribution in [1.82, 2.24) is 14.7 Å². The maximum Gasteiger partial charge on any atom is 0.322 e. The molecule has 2 aliphatic rings. The van der Waals surface area contributed by atoms with Crippen molar-refractivity contribution in [2.24, 2.45) is 5.92 Å². The standard InChI is InChI=1S/C23H30N4O2S/c28-22(20-9-12-27(13-10-20)23(29)24-21-7-4-18-30-21)26-16-14-25(15-17-26)11-8-19-5-2-1-3-6-19/h1-7,18,20H,8-17H2,(H,24,29). The van der Waals surface area contributed by atoms with Crippen molar-refractivity contribution < 1.29 is 9.59 Å². The van der Waals surface area contributed by atoms with Gasteiger partial charge in [-0.05, 0) is 42.3 Å². The molecular formula is C23H30N4O2S. The first-order valence-electron chi connectivity index (χ1n) is 10.8. The monoisotopic (exact) mass is 426 g/mol. The van der Waals surface area contributed by atoms with Gasteiger partial charge in [0.15, 0.2) is 0 Å². The Hall–Kier alpha value is -2.38. The van der Waals surface area contributed by atoms with Crippen molar-refractivity contribution in [3.63, 3.8) is 0 Å². The zero-order valence-electron chi connectivity index (χ0n) is 17.3. The molecular weight excluding hydrogens is 396 g/mol. The Labute approximate surface area is 182 Å². The second kappa shape index (κ2) is 10.1. The third-order valence-electron chi connectivity index (χ3n) is 6.13. The molecule has 0 bridgehead atoms. The van der Waals surface area contributed by atoms with Gasteiger partial charge in [0.2, 0.25) is 5.91 Å².